The molecule has 8 heteroatoms. The molecule has 5 heterocycles. The van der Waals surface area contributed by atoms with Gasteiger partial charge in [-0.3, -0.25) is 9.20 Å². The van der Waals surface area contributed by atoms with Gasteiger partial charge in [0, 0.05) is 49.0 Å². The summed E-state index contributed by atoms with van der Waals surface area (Å²) in [5.74, 6) is 2.37. The van der Waals surface area contributed by atoms with E-state index in [4.69, 9.17) is 19.4 Å². The Balaban J connectivity index is 1.71. The SMILES string of the molecule is CNC(=O)c1cc2c(N3C[C@H](C)C[C@H](C)C3)cc(C)nc2n2c1nc1cc3c(cc12)OCO3. The summed E-state index contributed by atoms with van der Waals surface area (Å²) in [7, 11) is 1.64. The molecule has 2 aliphatic rings. The van der Waals surface area contributed by atoms with Crippen LogP contribution in [0.25, 0.3) is 27.7 Å². The average Bonchev–Trinajstić information content (AvgIpc) is 3.39. The van der Waals surface area contributed by atoms with E-state index >= 15 is 0 Å². The van der Waals surface area contributed by atoms with Crippen molar-refractivity contribution in [3.8, 4) is 11.5 Å². The smallest absolute Gasteiger partial charge is 0.254 e. The van der Waals surface area contributed by atoms with Crippen molar-refractivity contribution in [2.45, 2.75) is 27.2 Å². The maximum atomic E-state index is 13.0. The number of nitrogens with zero attached hydrogens (tertiary/aromatic N) is 4. The average molecular weight is 446 g/mol. The van der Waals surface area contributed by atoms with Gasteiger partial charge in [0.05, 0.1) is 16.6 Å². The van der Waals surface area contributed by atoms with Crippen molar-refractivity contribution in [1.82, 2.24) is 19.7 Å². The second-order valence-electron chi connectivity index (χ2n) is 9.47. The summed E-state index contributed by atoms with van der Waals surface area (Å²) in [6, 6.07) is 7.89. The van der Waals surface area contributed by atoms with Gasteiger partial charge in [0.2, 0.25) is 6.79 Å². The zero-order valence-electron chi connectivity index (χ0n) is 19.3. The zero-order valence-corrected chi connectivity index (χ0v) is 19.3. The van der Waals surface area contributed by atoms with Crippen molar-refractivity contribution in [3.63, 3.8) is 0 Å². The molecule has 3 aromatic heterocycles. The molecule has 33 heavy (non-hydrogen) atoms. The number of ether oxygens (including phenoxy) is 2. The van der Waals surface area contributed by atoms with Crippen LogP contribution in [0.5, 0.6) is 11.5 Å². The molecule has 1 N–H and O–H groups in total. The molecular weight excluding hydrogens is 418 g/mol. The number of fused-ring (bicyclic) bond motifs is 6. The maximum Gasteiger partial charge on any atom is 0.254 e. The quantitative estimate of drug-likeness (QED) is 0.504. The van der Waals surface area contributed by atoms with Crippen molar-refractivity contribution in [1.29, 1.82) is 0 Å². The van der Waals surface area contributed by atoms with Crippen LogP contribution in [0, 0.1) is 18.8 Å². The predicted molar refractivity (Wildman–Crippen MR) is 127 cm³/mol. The molecule has 1 amide bonds. The molecule has 0 unspecified atom stereocenters. The minimum absolute atomic E-state index is 0.177. The van der Waals surface area contributed by atoms with Crippen molar-refractivity contribution in [3.05, 3.63) is 35.5 Å². The number of hydrogen-bond donors (Lipinski definition) is 1. The lowest BCUT2D eigenvalue weighted by atomic mass is 9.91. The Labute approximate surface area is 191 Å². The van der Waals surface area contributed by atoms with Gasteiger partial charge < -0.3 is 19.7 Å². The summed E-state index contributed by atoms with van der Waals surface area (Å²) < 4.78 is 13.2. The number of carbonyl (C=O) groups excluding carboxylic acids is 1. The Kier molecular flexibility index (Phi) is 4.40. The van der Waals surface area contributed by atoms with E-state index in [0.717, 1.165) is 46.5 Å². The third kappa shape index (κ3) is 3.08. The Bertz CT molecular complexity index is 1430. The number of hydrogen-bond acceptors (Lipinski definition) is 6. The maximum absolute atomic E-state index is 13.0. The van der Waals surface area contributed by atoms with Crippen LogP contribution >= 0.6 is 0 Å². The minimum Gasteiger partial charge on any atom is -0.454 e. The number of aromatic nitrogens is 3. The van der Waals surface area contributed by atoms with Crippen LogP contribution in [0.15, 0.2) is 24.3 Å². The van der Waals surface area contributed by atoms with Crippen molar-refractivity contribution in [2.24, 2.45) is 11.8 Å². The fourth-order valence-corrected chi connectivity index (χ4v) is 5.45. The Morgan fingerprint density at radius 3 is 2.48 bits per heavy atom. The fourth-order valence-electron chi connectivity index (χ4n) is 5.45. The van der Waals surface area contributed by atoms with E-state index in [1.165, 1.54) is 6.42 Å². The molecule has 6 rings (SSSR count). The van der Waals surface area contributed by atoms with E-state index in [1.54, 1.807) is 7.05 Å². The van der Waals surface area contributed by atoms with E-state index in [1.807, 2.05) is 29.5 Å². The van der Waals surface area contributed by atoms with Crippen LogP contribution in [0.4, 0.5) is 5.69 Å². The normalized spacial score (nSPS) is 20.2. The first-order valence-electron chi connectivity index (χ1n) is 11.5. The highest BCUT2D eigenvalue weighted by Crippen LogP contribution is 2.39. The monoisotopic (exact) mass is 445 g/mol. The molecule has 2 aliphatic heterocycles. The van der Waals surface area contributed by atoms with Crippen LogP contribution < -0.4 is 19.7 Å². The van der Waals surface area contributed by atoms with Gasteiger partial charge in [0.25, 0.3) is 5.91 Å². The molecule has 4 aromatic rings. The molecule has 170 valence electrons. The van der Waals surface area contributed by atoms with Gasteiger partial charge in [0.15, 0.2) is 17.1 Å². The van der Waals surface area contributed by atoms with E-state index < -0.39 is 0 Å². The third-order valence-corrected chi connectivity index (χ3v) is 6.72. The third-order valence-electron chi connectivity index (χ3n) is 6.72. The van der Waals surface area contributed by atoms with Gasteiger partial charge in [-0.1, -0.05) is 13.8 Å². The molecule has 0 saturated carbocycles. The lowest BCUT2D eigenvalue weighted by Gasteiger charge is -2.37. The number of rotatable bonds is 2. The second-order valence-corrected chi connectivity index (χ2v) is 9.47. The number of pyridine rings is 2. The number of benzene rings is 1. The molecule has 0 radical (unpaired) electrons. The number of imidazole rings is 1. The molecule has 1 fully saturated rings. The molecule has 0 spiro atoms. The van der Waals surface area contributed by atoms with Crippen LogP contribution in [0.3, 0.4) is 0 Å². The van der Waals surface area contributed by atoms with E-state index in [2.05, 4.69) is 30.1 Å². The topological polar surface area (TPSA) is 81.0 Å². The first-order valence-corrected chi connectivity index (χ1v) is 11.5. The van der Waals surface area contributed by atoms with E-state index in [9.17, 15) is 4.79 Å². The molecule has 1 saturated heterocycles. The Morgan fingerprint density at radius 1 is 1.03 bits per heavy atom. The molecule has 0 bridgehead atoms. The highest BCUT2D eigenvalue weighted by Gasteiger charge is 2.27. The zero-order chi connectivity index (χ0) is 22.9. The predicted octanol–water partition coefficient (Wildman–Crippen LogP) is 3.91. The van der Waals surface area contributed by atoms with Crippen molar-refractivity contribution >= 4 is 39.3 Å². The van der Waals surface area contributed by atoms with Crippen LogP contribution in [0.1, 0.15) is 36.3 Å². The van der Waals surface area contributed by atoms with E-state index in [-0.39, 0.29) is 12.7 Å². The molecular formula is C25H27N5O3. The lowest BCUT2D eigenvalue weighted by molar-refractivity contribution is 0.0964. The summed E-state index contributed by atoms with van der Waals surface area (Å²) >= 11 is 0. The number of amides is 1. The van der Waals surface area contributed by atoms with Gasteiger partial charge in [-0.15, -0.1) is 0 Å². The molecule has 0 aliphatic carbocycles. The van der Waals surface area contributed by atoms with Gasteiger partial charge >= 0.3 is 0 Å². The van der Waals surface area contributed by atoms with E-state index in [0.29, 0.717) is 34.5 Å². The standard InChI is InChI=1S/C25H27N5O3/c1-13-5-14(2)11-29(10-13)19-6-15(3)27-23-16(19)7-17(25(31)26-4)24-28-18-8-21-22(33-12-32-21)9-20(18)30(23)24/h6-9,13-14H,5,10-12H2,1-4H3,(H,26,31)/t13-,14+. The number of piperidine rings is 1. The van der Waals surface area contributed by atoms with Crippen LogP contribution in [-0.2, 0) is 0 Å². The van der Waals surface area contributed by atoms with Crippen molar-refractivity contribution in [2.75, 3.05) is 31.8 Å². The Morgan fingerprint density at radius 2 is 1.76 bits per heavy atom. The summed E-state index contributed by atoms with van der Waals surface area (Å²) in [4.78, 5) is 25.2. The number of anilines is 1. The summed E-state index contributed by atoms with van der Waals surface area (Å²) in [6.45, 7) is 8.80. The van der Waals surface area contributed by atoms with Crippen LogP contribution in [-0.4, -0.2) is 47.2 Å². The largest absolute Gasteiger partial charge is 0.454 e. The highest BCUT2D eigenvalue weighted by molar-refractivity contribution is 6.07. The van der Waals surface area contributed by atoms with Crippen LogP contribution in [0.2, 0.25) is 0 Å². The lowest BCUT2D eigenvalue weighted by Crippen LogP contribution is -2.39. The number of aryl methyl sites for hydroxylation is 1. The van der Waals surface area contributed by atoms with Gasteiger partial charge in [-0.25, -0.2) is 9.97 Å². The first kappa shape index (κ1) is 20.1. The first-order chi connectivity index (χ1) is 15.9. The summed E-state index contributed by atoms with van der Waals surface area (Å²) in [5, 5.41) is 3.73. The second kappa shape index (κ2) is 7.23. The van der Waals surface area contributed by atoms with Crippen molar-refractivity contribution < 1.29 is 14.3 Å². The minimum atomic E-state index is -0.177. The fraction of sp³-hybridized carbons (Fsp3) is 0.400. The summed E-state index contributed by atoms with van der Waals surface area (Å²) in [5.41, 5.74) is 5.51. The molecule has 2 atom stereocenters. The van der Waals surface area contributed by atoms with Gasteiger partial charge in [-0.05, 0) is 37.3 Å². The summed E-state index contributed by atoms with van der Waals surface area (Å²) in [6.07, 6.45) is 1.23. The van der Waals surface area contributed by atoms with Gasteiger partial charge in [0.1, 0.15) is 5.65 Å². The Hall–Kier alpha value is -3.55. The van der Waals surface area contributed by atoms with Gasteiger partial charge in [-0.2, -0.15) is 0 Å². The molecule has 8 nitrogen and oxygen atoms in total. The highest BCUT2D eigenvalue weighted by atomic mass is 16.7. The number of carbonyl (C=O) groups is 1. The number of nitrogens with one attached hydrogen (secondary N) is 1. The molecule has 1 aromatic carbocycles.